The number of nitrogens with zero attached hydrogens (tertiary/aromatic N) is 1. The van der Waals surface area contributed by atoms with Gasteiger partial charge in [0.15, 0.2) is 11.5 Å². The van der Waals surface area contributed by atoms with E-state index in [4.69, 9.17) is 9.47 Å². The van der Waals surface area contributed by atoms with Crippen LogP contribution in [0.4, 0.5) is 10.5 Å². The number of hydrogen-bond donors (Lipinski definition) is 1. The fourth-order valence-corrected chi connectivity index (χ4v) is 3.99. The third-order valence-electron chi connectivity index (χ3n) is 6.13. The van der Waals surface area contributed by atoms with E-state index in [9.17, 15) is 4.79 Å². The molecule has 0 spiro atoms. The van der Waals surface area contributed by atoms with Crippen molar-refractivity contribution < 1.29 is 14.3 Å². The number of carbonyl (C=O) groups excluding carboxylic acids is 1. The molecule has 2 amide bonds. The molecule has 0 aliphatic carbocycles. The Labute approximate surface area is 213 Å². The normalized spacial score (nSPS) is 11.4. The van der Waals surface area contributed by atoms with Crippen molar-refractivity contribution in [2.45, 2.75) is 33.0 Å². The zero-order valence-corrected chi connectivity index (χ0v) is 21.0. The lowest BCUT2D eigenvalue weighted by atomic mass is 10.1. The van der Waals surface area contributed by atoms with E-state index in [1.54, 1.807) is 7.11 Å². The van der Waals surface area contributed by atoms with Crippen molar-refractivity contribution in [2.75, 3.05) is 12.4 Å². The van der Waals surface area contributed by atoms with Gasteiger partial charge in [-0.3, -0.25) is 0 Å². The van der Waals surface area contributed by atoms with Crippen LogP contribution in [0.2, 0.25) is 0 Å². The minimum absolute atomic E-state index is 0.146. The Balaban J connectivity index is 1.58. The lowest BCUT2D eigenvalue weighted by Crippen LogP contribution is -2.36. The van der Waals surface area contributed by atoms with Crippen LogP contribution in [0.25, 0.3) is 0 Å². The van der Waals surface area contributed by atoms with Crippen molar-refractivity contribution in [3.63, 3.8) is 0 Å². The first-order valence-electron chi connectivity index (χ1n) is 12.1. The van der Waals surface area contributed by atoms with Crippen LogP contribution in [0, 0.1) is 6.92 Å². The van der Waals surface area contributed by atoms with Crippen molar-refractivity contribution in [1.82, 2.24) is 4.90 Å². The van der Waals surface area contributed by atoms with E-state index in [2.05, 4.69) is 5.32 Å². The number of methoxy groups -OCH3 is 1. The zero-order valence-electron chi connectivity index (χ0n) is 21.0. The Morgan fingerprint density at radius 1 is 0.833 bits per heavy atom. The summed E-state index contributed by atoms with van der Waals surface area (Å²) in [6.07, 6.45) is 0. The van der Waals surface area contributed by atoms with Gasteiger partial charge in [0.1, 0.15) is 6.61 Å². The fourth-order valence-electron chi connectivity index (χ4n) is 3.99. The van der Waals surface area contributed by atoms with Gasteiger partial charge in [-0.15, -0.1) is 0 Å². The number of aryl methyl sites for hydroxylation is 1. The van der Waals surface area contributed by atoms with Gasteiger partial charge < -0.3 is 19.7 Å². The molecule has 5 heteroatoms. The van der Waals surface area contributed by atoms with Gasteiger partial charge in [-0.1, -0.05) is 84.4 Å². The largest absolute Gasteiger partial charge is 0.493 e. The summed E-state index contributed by atoms with van der Waals surface area (Å²) in [5.74, 6) is 1.30. The second-order valence-electron chi connectivity index (χ2n) is 8.77. The molecule has 1 atom stereocenters. The first kappa shape index (κ1) is 24.9. The molecule has 0 aromatic heterocycles. The maximum atomic E-state index is 13.5. The number of benzene rings is 4. The van der Waals surface area contributed by atoms with Crippen LogP contribution in [0.15, 0.2) is 103 Å². The molecule has 4 aromatic carbocycles. The van der Waals surface area contributed by atoms with Crippen LogP contribution in [0.5, 0.6) is 11.5 Å². The van der Waals surface area contributed by atoms with Crippen LogP contribution in [0.1, 0.15) is 35.2 Å². The molecule has 0 radical (unpaired) electrons. The standard InChI is InChI=1S/C31H32N2O3/c1-23-14-17-28(18-15-23)32-31(34)33(24(2)27-12-8-5-9-13-27)21-26-16-19-29(35-3)30(20-26)36-22-25-10-6-4-7-11-25/h4-20,24H,21-22H2,1-3H3,(H,32,34). The molecule has 0 aliphatic rings. The Bertz CT molecular complexity index is 1260. The predicted octanol–water partition coefficient (Wildman–Crippen LogP) is 7.38. The SMILES string of the molecule is COc1ccc(CN(C(=O)Nc2ccc(C)cc2)C(C)c2ccccc2)cc1OCc1ccccc1. The highest BCUT2D eigenvalue weighted by Gasteiger charge is 2.23. The number of carbonyl (C=O) groups is 1. The molecular weight excluding hydrogens is 448 g/mol. The van der Waals surface area contributed by atoms with E-state index in [1.165, 1.54) is 0 Å². The van der Waals surface area contributed by atoms with Crippen LogP contribution < -0.4 is 14.8 Å². The average Bonchev–Trinajstić information content (AvgIpc) is 2.92. The summed E-state index contributed by atoms with van der Waals surface area (Å²) < 4.78 is 11.6. The number of nitrogens with one attached hydrogen (secondary N) is 1. The molecular formula is C31H32N2O3. The Morgan fingerprint density at radius 2 is 1.50 bits per heavy atom. The highest BCUT2D eigenvalue weighted by atomic mass is 16.5. The zero-order chi connectivity index (χ0) is 25.3. The van der Waals surface area contributed by atoms with Crippen molar-refractivity contribution >= 4 is 11.7 Å². The van der Waals surface area contributed by atoms with E-state index in [1.807, 2.05) is 122 Å². The second kappa shape index (κ2) is 11.9. The van der Waals surface area contributed by atoms with Crippen molar-refractivity contribution in [1.29, 1.82) is 0 Å². The van der Waals surface area contributed by atoms with Crippen LogP contribution in [-0.4, -0.2) is 18.0 Å². The molecule has 0 saturated carbocycles. The molecule has 36 heavy (non-hydrogen) atoms. The van der Waals surface area contributed by atoms with Gasteiger partial charge in [-0.25, -0.2) is 4.79 Å². The van der Waals surface area contributed by atoms with Crippen LogP contribution in [0.3, 0.4) is 0 Å². The van der Waals surface area contributed by atoms with Crippen LogP contribution >= 0.6 is 0 Å². The van der Waals surface area contributed by atoms with Gasteiger partial charge in [0.05, 0.1) is 13.2 Å². The summed E-state index contributed by atoms with van der Waals surface area (Å²) in [6, 6.07) is 33.3. The number of anilines is 1. The summed E-state index contributed by atoms with van der Waals surface area (Å²) in [5.41, 5.74) is 4.98. The van der Waals surface area contributed by atoms with Gasteiger partial charge in [0.25, 0.3) is 0 Å². The minimum atomic E-state index is -0.169. The number of urea groups is 1. The van der Waals surface area contributed by atoms with Crippen LogP contribution in [-0.2, 0) is 13.2 Å². The molecule has 4 aromatic rings. The van der Waals surface area contributed by atoms with Crippen molar-refractivity contribution in [2.24, 2.45) is 0 Å². The van der Waals surface area contributed by atoms with Gasteiger partial charge in [-0.05, 0) is 54.8 Å². The van der Waals surface area contributed by atoms with E-state index in [0.717, 1.165) is 27.9 Å². The first-order chi connectivity index (χ1) is 17.5. The third-order valence-corrected chi connectivity index (χ3v) is 6.13. The first-order valence-corrected chi connectivity index (χ1v) is 12.1. The summed E-state index contributed by atoms with van der Waals surface area (Å²) >= 11 is 0. The Morgan fingerprint density at radius 3 is 2.17 bits per heavy atom. The molecule has 1 N–H and O–H groups in total. The molecule has 184 valence electrons. The molecule has 0 bridgehead atoms. The summed E-state index contributed by atoms with van der Waals surface area (Å²) in [6.45, 7) is 4.90. The molecule has 5 nitrogen and oxygen atoms in total. The highest BCUT2D eigenvalue weighted by Crippen LogP contribution is 2.31. The quantitative estimate of drug-likeness (QED) is 0.272. The molecule has 4 rings (SSSR count). The minimum Gasteiger partial charge on any atom is -0.493 e. The van der Waals surface area contributed by atoms with E-state index >= 15 is 0 Å². The van der Waals surface area contributed by atoms with E-state index in [0.29, 0.717) is 24.7 Å². The third kappa shape index (κ3) is 6.45. The molecule has 1 unspecified atom stereocenters. The van der Waals surface area contributed by atoms with Crippen molar-refractivity contribution in [3.8, 4) is 11.5 Å². The average molecular weight is 481 g/mol. The lowest BCUT2D eigenvalue weighted by Gasteiger charge is -2.30. The highest BCUT2D eigenvalue weighted by molar-refractivity contribution is 5.89. The predicted molar refractivity (Wildman–Crippen MR) is 144 cm³/mol. The maximum Gasteiger partial charge on any atom is 0.322 e. The summed E-state index contributed by atoms with van der Waals surface area (Å²) in [7, 11) is 1.63. The van der Waals surface area contributed by atoms with Gasteiger partial charge in [0.2, 0.25) is 0 Å². The number of rotatable bonds is 9. The Kier molecular flexibility index (Phi) is 8.24. The summed E-state index contributed by atoms with van der Waals surface area (Å²) in [4.78, 5) is 15.3. The molecule has 0 aliphatic heterocycles. The van der Waals surface area contributed by atoms with E-state index < -0.39 is 0 Å². The monoisotopic (exact) mass is 480 g/mol. The topological polar surface area (TPSA) is 50.8 Å². The second-order valence-corrected chi connectivity index (χ2v) is 8.77. The smallest absolute Gasteiger partial charge is 0.322 e. The van der Waals surface area contributed by atoms with Gasteiger partial charge in [-0.2, -0.15) is 0 Å². The fraction of sp³-hybridized carbons (Fsp3) is 0.194. The molecule has 0 saturated heterocycles. The van der Waals surface area contributed by atoms with E-state index in [-0.39, 0.29) is 12.1 Å². The number of hydrogen-bond acceptors (Lipinski definition) is 3. The lowest BCUT2D eigenvalue weighted by molar-refractivity contribution is 0.189. The number of amides is 2. The number of ether oxygens (including phenoxy) is 2. The van der Waals surface area contributed by atoms with Crippen molar-refractivity contribution in [3.05, 3.63) is 125 Å². The summed E-state index contributed by atoms with van der Waals surface area (Å²) in [5, 5.41) is 3.06. The van der Waals surface area contributed by atoms with Gasteiger partial charge >= 0.3 is 6.03 Å². The molecule has 0 fully saturated rings. The Hall–Kier alpha value is -4.25. The molecule has 0 heterocycles. The van der Waals surface area contributed by atoms with Gasteiger partial charge in [0, 0.05) is 12.2 Å². The maximum absolute atomic E-state index is 13.5.